The van der Waals surface area contributed by atoms with Crippen molar-refractivity contribution in [3.8, 4) is 55.8 Å². The van der Waals surface area contributed by atoms with E-state index in [0.717, 1.165) is 33.1 Å². The van der Waals surface area contributed by atoms with Crippen molar-refractivity contribution in [1.82, 2.24) is 4.98 Å². The molecule has 0 saturated carbocycles. The SMILES string of the molecule is c1ccc(C2(c3ccccc3)c3ccccc3-c3cc4c(cc32)c(-c2ccc(-c3ccc5c(-c6ccc7ccccc7c6)c6ccccc6c(-c6ccc7ccccc7c6)c5c3)cc2)nc2ccccc24)cc1. The maximum absolute atomic E-state index is 5.54. The molecular weight excluding hydrogens is 879 g/mol. The van der Waals surface area contributed by atoms with Gasteiger partial charge in [-0.05, 0) is 152 Å². The van der Waals surface area contributed by atoms with E-state index >= 15 is 0 Å². The van der Waals surface area contributed by atoms with Gasteiger partial charge in [-0.15, -0.1) is 0 Å². The molecule has 1 aliphatic carbocycles. The molecule has 0 atom stereocenters. The maximum Gasteiger partial charge on any atom is 0.0788 e. The van der Waals surface area contributed by atoms with Crippen molar-refractivity contribution in [1.29, 1.82) is 0 Å². The third-order valence-electron chi connectivity index (χ3n) is 15.9. The monoisotopic (exact) mass is 923 g/mol. The Morgan fingerprint density at radius 1 is 0.247 bits per heavy atom. The molecule has 1 aromatic heterocycles. The quantitative estimate of drug-likeness (QED) is 0.120. The van der Waals surface area contributed by atoms with E-state index in [-0.39, 0.29) is 0 Å². The van der Waals surface area contributed by atoms with E-state index in [2.05, 4.69) is 273 Å². The minimum Gasteiger partial charge on any atom is -0.247 e. The van der Waals surface area contributed by atoms with Gasteiger partial charge in [0.15, 0.2) is 0 Å². The molecule has 73 heavy (non-hydrogen) atoms. The van der Waals surface area contributed by atoms with Gasteiger partial charge in [0, 0.05) is 16.3 Å². The molecule has 0 bridgehead atoms. The number of benzene rings is 13. The molecule has 0 unspecified atom stereocenters. The van der Waals surface area contributed by atoms with Crippen molar-refractivity contribution in [2.24, 2.45) is 0 Å². The molecule has 13 aromatic carbocycles. The smallest absolute Gasteiger partial charge is 0.0788 e. The number of rotatable bonds is 6. The molecule has 338 valence electrons. The highest BCUT2D eigenvalue weighted by atomic mass is 14.7. The molecule has 0 aliphatic heterocycles. The molecule has 0 saturated heterocycles. The zero-order chi connectivity index (χ0) is 48.0. The van der Waals surface area contributed by atoms with Crippen LogP contribution in [0.3, 0.4) is 0 Å². The Labute approximate surface area is 423 Å². The van der Waals surface area contributed by atoms with Gasteiger partial charge in [0.25, 0.3) is 0 Å². The number of hydrogen-bond acceptors (Lipinski definition) is 1. The normalized spacial score (nSPS) is 12.8. The second-order valence-corrected chi connectivity index (χ2v) is 19.7. The maximum atomic E-state index is 5.54. The van der Waals surface area contributed by atoms with E-state index in [1.54, 1.807) is 0 Å². The summed E-state index contributed by atoms with van der Waals surface area (Å²) in [6.45, 7) is 0. The van der Waals surface area contributed by atoms with Gasteiger partial charge in [-0.25, -0.2) is 4.98 Å². The van der Waals surface area contributed by atoms with Crippen LogP contribution in [0.1, 0.15) is 22.3 Å². The fourth-order valence-corrected chi connectivity index (χ4v) is 12.6. The second-order valence-electron chi connectivity index (χ2n) is 19.7. The first kappa shape index (κ1) is 41.4. The summed E-state index contributed by atoms with van der Waals surface area (Å²) in [5, 5.41) is 13.4. The zero-order valence-electron chi connectivity index (χ0n) is 39.9. The Balaban J connectivity index is 0.936. The molecule has 0 N–H and O–H groups in total. The Hall–Kier alpha value is -9.43. The van der Waals surface area contributed by atoms with Crippen molar-refractivity contribution in [3.63, 3.8) is 0 Å². The summed E-state index contributed by atoms with van der Waals surface area (Å²) in [6.07, 6.45) is 0. The number of nitrogens with zero attached hydrogens (tertiary/aromatic N) is 1. The largest absolute Gasteiger partial charge is 0.247 e. The lowest BCUT2D eigenvalue weighted by Crippen LogP contribution is -2.28. The number of fused-ring (bicyclic) bond motifs is 10. The van der Waals surface area contributed by atoms with Crippen LogP contribution >= 0.6 is 0 Å². The predicted octanol–water partition coefficient (Wildman–Crippen LogP) is 19.0. The molecule has 0 spiro atoms. The van der Waals surface area contributed by atoms with Crippen molar-refractivity contribution in [3.05, 3.63) is 295 Å². The molecular formula is C72H45N. The Morgan fingerprint density at radius 2 is 0.740 bits per heavy atom. The molecule has 1 heterocycles. The van der Waals surface area contributed by atoms with Crippen LogP contribution in [0.25, 0.3) is 121 Å². The molecule has 14 aromatic rings. The van der Waals surface area contributed by atoms with Crippen LogP contribution in [0.2, 0.25) is 0 Å². The van der Waals surface area contributed by atoms with Gasteiger partial charge in [0.2, 0.25) is 0 Å². The van der Waals surface area contributed by atoms with E-state index < -0.39 is 5.41 Å². The third kappa shape index (κ3) is 6.32. The second kappa shape index (κ2) is 16.3. The number of pyridine rings is 1. The van der Waals surface area contributed by atoms with Crippen LogP contribution in [-0.2, 0) is 5.41 Å². The highest BCUT2D eigenvalue weighted by molar-refractivity contribution is 6.23. The summed E-state index contributed by atoms with van der Waals surface area (Å²) in [6, 6.07) is 101. The summed E-state index contributed by atoms with van der Waals surface area (Å²) in [4.78, 5) is 5.54. The molecule has 0 amide bonds. The lowest BCUT2D eigenvalue weighted by Gasteiger charge is -2.34. The van der Waals surface area contributed by atoms with Gasteiger partial charge in [0.1, 0.15) is 0 Å². The van der Waals surface area contributed by atoms with Crippen molar-refractivity contribution < 1.29 is 0 Å². The van der Waals surface area contributed by atoms with Gasteiger partial charge in [-0.3, -0.25) is 0 Å². The molecule has 15 rings (SSSR count). The standard InChI is InChI=1S/C72H45N/c1-3-21-55(22-4-1)72(56-23-5-2-6-24-56)66-29-15-13-25-57(66)63-44-62-58-26-14-16-30-68(58)73-71(65(62)45-67(63)72)49-35-31-48(32-36-49)52-39-40-61-64(43-52)70(54-38-34-47-18-8-10-20-51(47)42-54)60-28-12-11-27-59(60)69(61)53-37-33-46-17-7-9-19-50(46)41-53/h1-45H. The fourth-order valence-electron chi connectivity index (χ4n) is 12.6. The summed E-state index contributed by atoms with van der Waals surface area (Å²) in [5.41, 5.74) is 17.4. The summed E-state index contributed by atoms with van der Waals surface area (Å²) in [7, 11) is 0. The average molecular weight is 924 g/mol. The minimum absolute atomic E-state index is 0.517. The molecule has 1 heteroatoms. The average Bonchev–Trinajstić information content (AvgIpc) is 3.80. The number of aromatic nitrogens is 1. The van der Waals surface area contributed by atoms with E-state index in [0.29, 0.717) is 0 Å². The van der Waals surface area contributed by atoms with Crippen LogP contribution in [0.15, 0.2) is 273 Å². The van der Waals surface area contributed by atoms with Crippen molar-refractivity contribution in [2.75, 3.05) is 0 Å². The summed E-state index contributed by atoms with van der Waals surface area (Å²) in [5.74, 6) is 0. The zero-order valence-corrected chi connectivity index (χ0v) is 39.9. The van der Waals surface area contributed by atoms with E-state index in [9.17, 15) is 0 Å². The van der Waals surface area contributed by atoms with Crippen LogP contribution in [0.5, 0.6) is 0 Å². The van der Waals surface area contributed by atoms with Gasteiger partial charge >= 0.3 is 0 Å². The minimum atomic E-state index is -0.517. The lowest BCUT2D eigenvalue weighted by atomic mass is 9.67. The Morgan fingerprint density at radius 3 is 1.40 bits per heavy atom. The van der Waals surface area contributed by atoms with Gasteiger partial charge in [0.05, 0.1) is 16.6 Å². The summed E-state index contributed by atoms with van der Waals surface area (Å²) >= 11 is 0. The van der Waals surface area contributed by atoms with Crippen LogP contribution in [0, 0.1) is 0 Å². The molecule has 0 fully saturated rings. The first-order valence-corrected chi connectivity index (χ1v) is 25.3. The van der Waals surface area contributed by atoms with E-state index in [1.165, 1.54) is 110 Å². The molecule has 0 radical (unpaired) electrons. The van der Waals surface area contributed by atoms with Gasteiger partial charge < -0.3 is 0 Å². The summed E-state index contributed by atoms with van der Waals surface area (Å²) < 4.78 is 0. The lowest BCUT2D eigenvalue weighted by molar-refractivity contribution is 0.769. The van der Waals surface area contributed by atoms with Gasteiger partial charge in [-0.2, -0.15) is 0 Å². The fraction of sp³-hybridized carbons (Fsp3) is 0.0139. The molecule has 1 nitrogen and oxygen atoms in total. The van der Waals surface area contributed by atoms with Crippen LogP contribution < -0.4 is 0 Å². The van der Waals surface area contributed by atoms with Crippen LogP contribution in [-0.4, -0.2) is 4.98 Å². The predicted molar refractivity (Wildman–Crippen MR) is 308 cm³/mol. The van der Waals surface area contributed by atoms with Crippen molar-refractivity contribution in [2.45, 2.75) is 5.41 Å². The first-order valence-electron chi connectivity index (χ1n) is 25.3. The van der Waals surface area contributed by atoms with E-state index in [4.69, 9.17) is 4.98 Å². The van der Waals surface area contributed by atoms with E-state index in [1.807, 2.05) is 0 Å². The van der Waals surface area contributed by atoms with Crippen molar-refractivity contribution >= 4 is 64.8 Å². The first-order chi connectivity index (χ1) is 36.2. The van der Waals surface area contributed by atoms with Crippen LogP contribution in [0.4, 0.5) is 0 Å². The highest BCUT2D eigenvalue weighted by Gasteiger charge is 2.46. The Kier molecular flexibility index (Phi) is 9.24. The number of para-hydroxylation sites is 1. The molecule has 1 aliphatic rings. The van der Waals surface area contributed by atoms with Gasteiger partial charge in [-0.1, -0.05) is 237 Å². The number of hydrogen-bond donors (Lipinski definition) is 0. The Bertz CT molecular complexity index is 4490. The highest BCUT2D eigenvalue weighted by Crippen LogP contribution is 2.57. The topological polar surface area (TPSA) is 12.9 Å². The third-order valence-corrected chi connectivity index (χ3v) is 15.9.